The molecule has 0 aliphatic rings. The van der Waals surface area contributed by atoms with Gasteiger partial charge in [-0.3, -0.25) is 0 Å². The molecular formula is C15H15FO2S. The number of benzene rings is 2. The van der Waals surface area contributed by atoms with Crippen molar-refractivity contribution in [3.05, 3.63) is 70.8 Å². The number of hydrogen-bond donors (Lipinski definition) is 0. The van der Waals surface area contributed by atoms with Crippen molar-refractivity contribution in [3.8, 4) is 0 Å². The maximum absolute atomic E-state index is 13.7. The molecule has 2 nitrogen and oxygen atoms in total. The Balaban J connectivity index is 2.67. The van der Waals surface area contributed by atoms with Crippen molar-refractivity contribution in [1.29, 1.82) is 0 Å². The minimum Gasteiger partial charge on any atom is -0.194 e. The van der Waals surface area contributed by atoms with E-state index in [-0.39, 0.29) is 0 Å². The van der Waals surface area contributed by atoms with E-state index in [0.717, 1.165) is 11.1 Å². The van der Waals surface area contributed by atoms with Crippen molar-refractivity contribution < 1.29 is 12.3 Å². The standard InChI is InChI=1S/C15H15FO2S/c1-11-8-9-12(2)14(10-11)15(19(16,17)18)13-6-4-3-5-7-13/h3-10,15H,1-2H3. The van der Waals surface area contributed by atoms with Crippen LogP contribution in [0.1, 0.15) is 27.5 Å². The molecule has 0 aliphatic carbocycles. The van der Waals surface area contributed by atoms with Crippen LogP contribution in [0.3, 0.4) is 0 Å². The van der Waals surface area contributed by atoms with Gasteiger partial charge in [0, 0.05) is 0 Å². The summed E-state index contributed by atoms with van der Waals surface area (Å²) in [4.78, 5) is 0. The van der Waals surface area contributed by atoms with Crippen molar-refractivity contribution in [2.45, 2.75) is 19.1 Å². The van der Waals surface area contributed by atoms with Gasteiger partial charge in [0.1, 0.15) is 5.25 Å². The highest BCUT2D eigenvalue weighted by Gasteiger charge is 2.29. The van der Waals surface area contributed by atoms with Crippen LogP contribution < -0.4 is 0 Å². The molecular weight excluding hydrogens is 263 g/mol. The third kappa shape index (κ3) is 3.01. The molecule has 1 atom stereocenters. The summed E-state index contributed by atoms with van der Waals surface area (Å²) in [5.74, 6) is 0. The SMILES string of the molecule is Cc1ccc(C)c(C(c2ccccc2)S(=O)(=O)F)c1. The van der Waals surface area contributed by atoms with Gasteiger partial charge in [-0.05, 0) is 30.5 Å². The van der Waals surface area contributed by atoms with E-state index in [2.05, 4.69) is 0 Å². The quantitative estimate of drug-likeness (QED) is 0.802. The summed E-state index contributed by atoms with van der Waals surface area (Å²) in [6, 6.07) is 13.9. The lowest BCUT2D eigenvalue weighted by Crippen LogP contribution is -2.11. The van der Waals surface area contributed by atoms with E-state index in [1.165, 1.54) is 0 Å². The van der Waals surface area contributed by atoms with E-state index in [1.807, 2.05) is 19.1 Å². The average molecular weight is 278 g/mol. The molecule has 0 spiro atoms. The maximum atomic E-state index is 13.7. The molecule has 2 rings (SSSR count). The zero-order valence-corrected chi connectivity index (χ0v) is 11.6. The second-order valence-corrected chi connectivity index (χ2v) is 6.05. The average Bonchev–Trinajstić information content (AvgIpc) is 2.33. The van der Waals surface area contributed by atoms with E-state index in [9.17, 15) is 12.3 Å². The molecule has 100 valence electrons. The summed E-state index contributed by atoms with van der Waals surface area (Å²) >= 11 is 0. The van der Waals surface area contributed by atoms with Gasteiger partial charge in [0.15, 0.2) is 0 Å². The summed E-state index contributed by atoms with van der Waals surface area (Å²) in [5, 5.41) is -1.26. The van der Waals surface area contributed by atoms with E-state index in [0.29, 0.717) is 11.1 Å². The van der Waals surface area contributed by atoms with Crippen LogP contribution in [-0.4, -0.2) is 8.42 Å². The van der Waals surface area contributed by atoms with Crippen LogP contribution in [0.4, 0.5) is 3.89 Å². The number of rotatable bonds is 3. The highest BCUT2D eigenvalue weighted by atomic mass is 32.3. The fourth-order valence-corrected chi connectivity index (χ4v) is 3.20. The first-order valence-corrected chi connectivity index (χ1v) is 7.40. The Morgan fingerprint density at radius 1 is 1.00 bits per heavy atom. The Labute approximate surface area is 113 Å². The first kappa shape index (κ1) is 13.7. The molecule has 2 aromatic rings. The molecule has 0 heterocycles. The van der Waals surface area contributed by atoms with E-state index in [1.54, 1.807) is 43.3 Å². The van der Waals surface area contributed by atoms with Crippen LogP contribution in [0, 0.1) is 13.8 Å². The highest BCUT2D eigenvalue weighted by Crippen LogP contribution is 2.33. The van der Waals surface area contributed by atoms with E-state index < -0.39 is 15.5 Å². The number of aryl methyl sites for hydroxylation is 2. The molecule has 0 saturated heterocycles. The summed E-state index contributed by atoms with van der Waals surface area (Å²) in [6.45, 7) is 3.64. The monoisotopic (exact) mass is 278 g/mol. The molecule has 1 unspecified atom stereocenters. The zero-order chi connectivity index (χ0) is 14.0. The molecule has 0 aromatic heterocycles. The lowest BCUT2D eigenvalue weighted by atomic mass is 9.98. The summed E-state index contributed by atoms with van der Waals surface area (Å²) in [6.07, 6.45) is 0. The third-order valence-electron chi connectivity index (χ3n) is 3.10. The summed E-state index contributed by atoms with van der Waals surface area (Å²) < 4.78 is 36.8. The van der Waals surface area contributed by atoms with Crippen LogP contribution in [0.25, 0.3) is 0 Å². The fourth-order valence-electron chi connectivity index (χ4n) is 2.16. The Hall–Kier alpha value is -1.68. The summed E-state index contributed by atoms with van der Waals surface area (Å²) in [7, 11) is -4.71. The molecule has 0 aliphatic heterocycles. The molecule has 0 fully saturated rings. The van der Waals surface area contributed by atoms with Crippen molar-refractivity contribution in [1.82, 2.24) is 0 Å². The van der Waals surface area contributed by atoms with Crippen LogP contribution in [0.2, 0.25) is 0 Å². The molecule has 19 heavy (non-hydrogen) atoms. The normalized spacial score (nSPS) is 13.2. The van der Waals surface area contributed by atoms with Gasteiger partial charge in [-0.2, -0.15) is 8.42 Å². The first-order valence-electron chi connectivity index (χ1n) is 5.95. The van der Waals surface area contributed by atoms with Crippen LogP contribution >= 0.6 is 0 Å². The van der Waals surface area contributed by atoms with Gasteiger partial charge in [-0.1, -0.05) is 54.1 Å². The Kier molecular flexibility index (Phi) is 3.71. The minimum absolute atomic E-state index is 0.443. The van der Waals surface area contributed by atoms with Gasteiger partial charge < -0.3 is 0 Å². The molecule has 4 heteroatoms. The second kappa shape index (κ2) is 5.13. The third-order valence-corrected chi connectivity index (χ3v) is 4.19. The van der Waals surface area contributed by atoms with Gasteiger partial charge in [0.2, 0.25) is 0 Å². The molecule has 0 amide bonds. The largest absolute Gasteiger partial charge is 0.313 e. The molecule has 0 radical (unpaired) electrons. The molecule has 2 aromatic carbocycles. The Morgan fingerprint density at radius 3 is 2.21 bits per heavy atom. The van der Waals surface area contributed by atoms with Crippen molar-refractivity contribution in [3.63, 3.8) is 0 Å². The molecule has 0 saturated carbocycles. The predicted octanol–water partition coefficient (Wildman–Crippen LogP) is 3.69. The fraction of sp³-hybridized carbons (Fsp3) is 0.200. The van der Waals surface area contributed by atoms with Gasteiger partial charge in [0.05, 0.1) is 0 Å². The topological polar surface area (TPSA) is 34.1 Å². The Morgan fingerprint density at radius 2 is 1.63 bits per heavy atom. The van der Waals surface area contributed by atoms with Crippen molar-refractivity contribution in [2.75, 3.05) is 0 Å². The Bertz CT molecular complexity index is 679. The minimum atomic E-state index is -4.71. The summed E-state index contributed by atoms with van der Waals surface area (Å²) in [5.41, 5.74) is 2.61. The van der Waals surface area contributed by atoms with Crippen molar-refractivity contribution in [2.24, 2.45) is 0 Å². The second-order valence-electron chi connectivity index (χ2n) is 4.63. The van der Waals surface area contributed by atoms with Gasteiger partial charge in [-0.15, -0.1) is 3.89 Å². The van der Waals surface area contributed by atoms with Crippen LogP contribution in [0.15, 0.2) is 48.5 Å². The smallest absolute Gasteiger partial charge is 0.194 e. The van der Waals surface area contributed by atoms with Crippen LogP contribution in [0.5, 0.6) is 0 Å². The number of halogens is 1. The predicted molar refractivity (Wildman–Crippen MR) is 74.2 cm³/mol. The lowest BCUT2D eigenvalue weighted by Gasteiger charge is -2.16. The molecule has 0 bridgehead atoms. The van der Waals surface area contributed by atoms with Gasteiger partial charge >= 0.3 is 10.2 Å². The molecule has 0 N–H and O–H groups in total. The zero-order valence-electron chi connectivity index (χ0n) is 10.8. The van der Waals surface area contributed by atoms with E-state index in [4.69, 9.17) is 0 Å². The number of hydrogen-bond acceptors (Lipinski definition) is 2. The van der Waals surface area contributed by atoms with E-state index >= 15 is 0 Å². The lowest BCUT2D eigenvalue weighted by molar-refractivity contribution is 0.543. The maximum Gasteiger partial charge on any atom is 0.313 e. The first-order chi connectivity index (χ1) is 8.89. The van der Waals surface area contributed by atoms with Crippen molar-refractivity contribution >= 4 is 10.2 Å². The highest BCUT2D eigenvalue weighted by molar-refractivity contribution is 7.86. The van der Waals surface area contributed by atoms with Gasteiger partial charge in [-0.25, -0.2) is 0 Å². The van der Waals surface area contributed by atoms with Crippen LogP contribution in [-0.2, 0) is 10.2 Å². The van der Waals surface area contributed by atoms with Gasteiger partial charge in [0.25, 0.3) is 0 Å².